The molecule has 21 heavy (non-hydrogen) atoms. The predicted molar refractivity (Wildman–Crippen MR) is 68.0 cm³/mol. The molecular formula is C12H10FN3O5. The predicted octanol–water partition coefficient (Wildman–Crippen LogP) is 2.27. The van der Waals surface area contributed by atoms with E-state index >= 15 is 0 Å². The van der Waals surface area contributed by atoms with E-state index in [0.717, 1.165) is 18.2 Å². The number of halogens is 1. The number of carboxylic acids is 1. The van der Waals surface area contributed by atoms with Crippen LogP contribution < -0.4 is 4.74 Å². The van der Waals surface area contributed by atoms with Crippen LogP contribution in [0.4, 0.5) is 10.2 Å². The highest BCUT2D eigenvalue weighted by molar-refractivity contribution is 5.91. The first-order valence-electron chi connectivity index (χ1n) is 5.69. The smallest absolute Gasteiger partial charge is 0.427 e. The van der Waals surface area contributed by atoms with Gasteiger partial charge in [0.2, 0.25) is 5.82 Å². The molecule has 0 radical (unpaired) electrons. The number of aromatic carboxylic acids is 1. The van der Waals surface area contributed by atoms with Crippen LogP contribution in [0, 0.1) is 22.9 Å². The number of rotatable bonds is 4. The van der Waals surface area contributed by atoms with E-state index in [9.17, 15) is 19.3 Å². The number of aryl methyl sites for hydroxylation is 1. The Morgan fingerprint density at radius 2 is 2.19 bits per heavy atom. The Balaban J connectivity index is 2.55. The van der Waals surface area contributed by atoms with Gasteiger partial charge in [-0.1, -0.05) is 0 Å². The van der Waals surface area contributed by atoms with Crippen molar-refractivity contribution in [2.24, 2.45) is 7.05 Å². The molecule has 110 valence electrons. The van der Waals surface area contributed by atoms with Crippen molar-refractivity contribution in [1.29, 1.82) is 0 Å². The van der Waals surface area contributed by atoms with Gasteiger partial charge in [0.1, 0.15) is 17.1 Å². The van der Waals surface area contributed by atoms with Gasteiger partial charge in [-0.15, -0.1) is 0 Å². The van der Waals surface area contributed by atoms with E-state index in [0.29, 0.717) is 5.82 Å². The van der Waals surface area contributed by atoms with Gasteiger partial charge in [0.15, 0.2) is 0 Å². The summed E-state index contributed by atoms with van der Waals surface area (Å²) >= 11 is 0. The number of nitrogens with zero attached hydrogens (tertiary/aromatic N) is 3. The molecule has 2 rings (SSSR count). The molecule has 0 saturated heterocycles. The lowest BCUT2D eigenvalue weighted by atomic mass is 10.2. The van der Waals surface area contributed by atoms with E-state index in [1.807, 2.05) is 0 Å². The monoisotopic (exact) mass is 295 g/mol. The van der Waals surface area contributed by atoms with E-state index < -0.39 is 22.5 Å². The molecule has 9 heteroatoms. The molecule has 0 aliphatic heterocycles. The SMILES string of the molecule is Cc1nc([N+](=O)[O-])c(Oc2cc(F)ccc2C(=O)O)n1C. The highest BCUT2D eigenvalue weighted by atomic mass is 19.1. The summed E-state index contributed by atoms with van der Waals surface area (Å²) in [4.78, 5) is 24.9. The van der Waals surface area contributed by atoms with Gasteiger partial charge in [0, 0.05) is 20.0 Å². The van der Waals surface area contributed by atoms with Crippen LogP contribution in [0.5, 0.6) is 11.6 Å². The molecule has 1 aromatic carbocycles. The molecule has 0 unspecified atom stereocenters. The number of carboxylic acid groups (broad SMARTS) is 1. The zero-order valence-electron chi connectivity index (χ0n) is 11.0. The molecule has 2 aromatic rings. The maximum absolute atomic E-state index is 13.2. The summed E-state index contributed by atoms with van der Waals surface area (Å²) in [6.45, 7) is 1.52. The Morgan fingerprint density at radius 1 is 1.52 bits per heavy atom. The molecule has 1 N–H and O–H groups in total. The second kappa shape index (κ2) is 5.19. The Morgan fingerprint density at radius 3 is 2.76 bits per heavy atom. The van der Waals surface area contributed by atoms with Gasteiger partial charge in [0.25, 0.3) is 0 Å². The summed E-state index contributed by atoms with van der Waals surface area (Å²) in [5, 5.41) is 20.0. The van der Waals surface area contributed by atoms with Crippen molar-refractivity contribution in [3.8, 4) is 11.6 Å². The summed E-state index contributed by atoms with van der Waals surface area (Å²) in [5.74, 6) is -2.96. The molecule has 0 saturated carbocycles. The Labute approximate surface area is 117 Å². The summed E-state index contributed by atoms with van der Waals surface area (Å²) in [6, 6.07) is 2.82. The molecule has 0 fully saturated rings. The number of imidazole rings is 1. The Bertz CT molecular complexity index is 741. The van der Waals surface area contributed by atoms with Crippen LogP contribution in [0.25, 0.3) is 0 Å². The van der Waals surface area contributed by atoms with Crippen LogP contribution in [0.1, 0.15) is 16.2 Å². The van der Waals surface area contributed by atoms with Gasteiger partial charge in [0.05, 0.1) is 0 Å². The third kappa shape index (κ3) is 2.66. The molecule has 0 aliphatic carbocycles. The molecule has 0 amide bonds. The lowest BCUT2D eigenvalue weighted by Gasteiger charge is -2.08. The molecular weight excluding hydrogens is 285 g/mol. The Hall–Kier alpha value is -2.97. The average Bonchev–Trinajstić information content (AvgIpc) is 2.67. The van der Waals surface area contributed by atoms with E-state index in [2.05, 4.69) is 4.98 Å². The minimum absolute atomic E-state index is 0.273. The number of nitro groups is 1. The van der Waals surface area contributed by atoms with Crippen molar-refractivity contribution >= 4 is 11.8 Å². The zero-order chi connectivity index (χ0) is 15.7. The third-order valence-electron chi connectivity index (χ3n) is 2.80. The second-order valence-electron chi connectivity index (χ2n) is 4.15. The number of aromatic nitrogens is 2. The fourth-order valence-corrected chi connectivity index (χ4v) is 1.67. The summed E-state index contributed by atoms with van der Waals surface area (Å²) < 4.78 is 19.8. The number of hydrogen-bond donors (Lipinski definition) is 1. The minimum Gasteiger partial charge on any atom is -0.478 e. The van der Waals surface area contributed by atoms with Crippen LogP contribution in [-0.2, 0) is 7.05 Å². The largest absolute Gasteiger partial charge is 0.478 e. The van der Waals surface area contributed by atoms with Crippen LogP contribution in [0.2, 0.25) is 0 Å². The Kier molecular flexibility index (Phi) is 3.57. The second-order valence-corrected chi connectivity index (χ2v) is 4.15. The summed E-state index contributed by atoms with van der Waals surface area (Å²) in [6.07, 6.45) is 0. The van der Waals surface area contributed by atoms with Gasteiger partial charge in [-0.2, -0.15) is 0 Å². The van der Waals surface area contributed by atoms with Crippen molar-refractivity contribution < 1.29 is 24.0 Å². The van der Waals surface area contributed by atoms with E-state index in [-0.39, 0.29) is 17.2 Å². The van der Waals surface area contributed by atoms with Gasteiger partial charge < -0.3 is 20.0 Å². The van der Waals surface area contributed by atoms with Crippen LogP contribution in [0.3, 0.4) is 0 Å². The molecule has 8 nitrogen and oxygen atoms in total. The number of ether oxygens (including phenoxy) is 1. The summed E-state index contributed by atoms with van der Waals surface area (Å²) in [7, 11) is 1.46. The molecule has 1 heterocycles. The maximum atomic E-state index is 13.2. The fraction of sp³-hybridized carbons (Fsp3) is 0.167. The first-order valence-corrected chi connectivity index (χ1v) is 5.69. The normalized spacial score (nSPS) is 10.4. The van der Waals surface area contributed by atoms with Gasteiger partial charge in [-0.05, 0) is 22.0 Å². The standard InChI is InChI=1S/C12H10FN3O5/c1-6-14-10(16(19)20)11(15(6)2)21-9-5-7(13)3-4-8(9)12(17)18/h3-5H,1-2H3,(H,17,18). The van der Waals surface area contributed by atoms with Gasteiger partial charge in [-0.3, -0.25) is 4.57 Å². The lowest BCUT2D eigenvalue weighted by molar-refractivity contribution is -0.390. The number of hydrogen-bond acceptors (Lipinski definition) is 5. The van der Waals surface area contributed by atoms with E-state index in [4.69, 9.17) is 9.84 Å². The van der Waals surface area contributed by atoms with E-state index in [1.54, 1.807) is 0 Å². The molecule has 0 atom stereocenters. The van der Waals surface area contributed by atoms with Crippen molar-refractivity contribution in [2.45, 2.75) is 6.92 Å². The van der Waals surface area contributed by atoms with Crippen LogP contribution in [0.15, 0.2) is 18.2 Å². The quantitative estimate of drug-likeness (QED) is 0.684. The highest BCUT2D eigenvalue weighted by Gasteiger charge is 2.27. The zero-order valence-corrected chi connectivity index (χ0v) is 11.0. The van der Waals surface area contributed by atoms with Crippen molar-refractivity contribution in [2.75, 3.05) is 0 Å². The average molecular weight is 295 g/mol. The van der Waals surface area contributed by atoms with E-state index in [1.165, 1.54) is 18.5 Å². The lowest BCUT2D eigenvalue weighted by Crippen LogP contribution is -2.03. The maximum Gasteiger partial charge on any atom is 0.427 e. The number of carbonyl (C=O) groups is 1. The van der Waals surface area contributed by atoms with Gasteiger partial charge in [-0.25, -0.2) is 9.18 Å². The number of benzene rings is 1. The minimum atomic E-state index is -1.34. The highest BCUT2D eigenvalue weighted by Crippen LogP contribution is 2.33. The van der Waals surface area contributed by atoms with Gasteiger partial charge >= 0.3 is 17.7 Å². The fourth-order valence-electron chi connectivity index (χ4n) is 1.67. The molecule has 0 spiro atoms. The topological polar surface area (TPSA) is 107 Å². The van der Waals surface area contributed by atoms with Crippen LogP contribution in [-0.4, -0.2) is 25.6 Å². The van der Waals surface area contributed by atoms with Crippen molar-refractivity contribution in [3.63, 3.8) is 0 Å². The molecule has 0 aliphatic rings. The van der Waals surface area contributed by atoms with Crippen LogP contribution >= 0.6 is 0 Å². The third-order valence-corrected chi connectivity index (χ3v) is 2.80. The molecule has 1 aromatic heterocycles. The van der Waals surface area contributed by atoms with Crippen molar-refractivity contribution in [1.82, 2.24) is 9.55 Å². The first kappa shape index (κ1) is 14.4. The first-order chi connectivity index (χ1) is 9.81. The molecule has 0 bridgehead atoms. The van der Waals surface area contributed by atoms with Crippen molar-refractivity contribution in [3.05, 3.63) is 45.5 Å². The summed E-state index contributed by atoms with van der Waals surface area (Å²) in [5.41, 5.74) is -0.315.